The van der Waals surface area contributed by atoms with Crippen LogP contribution in [0.3, 0.4) is 0 Å². The van der Waals surface area contributed by atoms with Crippen molar-refractivity contribution < 1.29 is 18.3 Å². The largest absolute Gasteiger partial charge is 0.394 e. The van der Waals surface area contributed by atoms with E-state index in [2.05, 4.69) is 0 Å². The van der Waals surface area contributed by atoms with E-state index < -0.39 is 15.3 Å². The molecule has 0 saturated carbocycles. The molecule has 0 aliphatic carbocycles. The number of aliphatic hydroxyl groups is 1. The number of ether oxygens (including phenoxy) is 1. The number of sulfonamides is 1. The maximum absolute atomic E-state index is 11.1. The molecule has 0 amide bonds. The SMILES string of the molecule is CC([C@H]1CC[C@H](CO)OC1)S(N)(=O)=O. The fourth-order valence-electron chi connectivity index (χ4n) is 1.61. The van der Waals surface area contributed by atoms with Crippen LogP contribution in [0.25, 0.3) is 0 Å². The third-order valence-corrected chi connectivity index (χ3v) is 4.21. The highest BCUT2D eigenvalue weighted by Gasteiger charge is 2.31. The predicted molar refractivity (Wildman–Crippen MR) is 52.1 cm³/mol. The molecular formula is C8H17NO4S. The summed E-state index contributed by atoms with van der Waals surface area (Å²) in [5.74, 6) is -0.0483. The smallest absolute Gasteiger partial charge is 0.212 e. The summed E-state index contributed by atoms with van der Waals surface area (Å²) in [7, 11) is -3.47. The first kappa shape index (κ1) is 11.9. The molecule has 1 rings (SSSR count). The number of primary sulfonamides is 1. The number of aliphatic hydroxyl groups excluding tert-OH is 1. The van der Waals surface area contributed by atoms with Gasteiger partial charge in [-0.15, -0.1) is 0 Å². The molecule has 1 heterocycles. The van der Waals surface area contributed by atoms with Gasteiger partial charge >= 0.3 is 0 Å². The standard InChI is InChI=1S/C8H17NO4S/c1-6(14(9,11)12)7-2-3-8(4-10)13-5-7/h6-8,10H,2-5H2,1H3,(H2,9,11,12)/t6?,7-,8+/m0/s1. The van der Waals surface area contributed by atoms with E-state index in [9.17, 15) is 8.42 Å². The van der Waals surface area contributed by atoms with Crippen LogP contribution < -0.4 is 5.14 Å². The molecule has 3 atom stereocenters. The van der Waals surface area contributed by atoms with E-state index in [1.165, 1.54) is 0 Å². The molecule has 0 spiro atoms. The van der Waals surface area contributed by atoms with Crippen molar-refractivity contribution in [2.24, 2.45) is 11.1 Å². The van der Waals surface area contributed by atoms with Crippen LogP contribution in [0.4, 0.5) is 0 Å². The fraction of sp³-hybridized carbons (Fsp3) is 1.00. The Kier molecular flexibility index (Phi) is 3.88. The van der Waals surface area contributed by atoms with Crippen molar-refractivity contribution in [3.8, 4) is 0 Å². The molecule has 0 bridgehead atoms. The summed E-state index contributed by atoms with van der Waals surface area (Å²) >= 11 is 0. The Bertz CT molecular complexity index is 269. The highest BCUT2D eigenvalue weighted by Crippen LogP contribution is 2.24. The zero-order chi connectivity index (χ0) is 10.8. The molecule has 1 aliphatic heterocycles. The molecule has 1 aliphatic rings. The Morgan fingerprint density at radius 3 is 2.57 bits per heavy atom. The van der Waals surface area contributed by atoms with Crippen molar-refractivity contribution in [3.63, 3.8) is 0 Å². The van der Waals surface area contributed by atoms with Crippen LogP contribution in [0.5, 0.6) is 0 Å². The first-order valence-electron chi connectivity index (χ1n) is 4.69. The first-order chi connectivity index (χ1) is 6.45. The Hall–Kier alpha value is -0.170. The molecule has 0 aromatic rings. The maximum atomic E-state index is 11.1. The van der Waals surface area contributed by atoms with Crippen LogP contribution in [0, 0.1) is 5.92 Å². The highest BCUT2D eigenvalue weighted by molar-refractivity contribution is 7.89. The number of hydrogen-bond acceptors (Lipinski definition) is 4. The van der Waals surface area contributed by atoms with Crippen molar-refractivity contribution in [2.75, 3.05) is 13.2 Å². The molecule has 5 nitrogen and oxygen atoms in total. The van der Waals surface area contributed by atoms with Crippen LogP contribution in [0.15, 0.2) is 0 Å². The number of rotatable bonds is 3. The summed E-state index contributed by atoms with van der Waals surface area (Å²) in [5.41, 5.74) is 0. The van der Waals surface area contributed by atoms with E-state index in [1.54, 1.807) is 6.92 Å². The van der Waals surface area contributed by atoms with Gasteiger partial charge in [0.05, 0.1) is 24.6 Å². The third-order valence-electron chi connectivity index (χ3n) is 2.79. The molecule has 1 saturated heterocycles. The van der Waals surface area contributed by atoms with Crippen molar-refractivity contribution in [2.45, 2.75) is 31.1 Å². The van der Waals surface area contributed by atoms with Crippen LogP contribution >= 0.6 is 0 Å². The molecular weight excluding hydrogens is 206 g/mol. The van der Waals surface area contributed by atoms with Gasteiger partial charge in [0.15, 0.2) is 0 Å². The van der Waals surface area contributed by atoms with E-state index in [4.69, 9.17) is 15.0 Å². The summed E-state index contributed by atoms with van der Waals surface area (Å²) in [6, 6.07) is 0. The molecule has 0 radical (unpaired) electrons. The molecule has 3 N–H and O–H groups in total. The molecule has 1 fully saturated rings. The lowest BCUT2D eigenvalue weighted by Gasteiger charge is -2.30. The molecule has 0 aromatic carbocycles. The topological polar surface area (TPSA) is 89.6 Å². The van der Waals surface area contributed by atoms with Crippen LogP contribution in [-0.2, 0) is 14.8 Å². The Morgan fingerprint density at radius 1 is 1.57 bits per heavy atom. The summed E-state index contributed by atoms with van der Waals surface area (Å²) < 4.78 is 27.4. The molecule has 0 aromatic heterocycles. The molecule has 1 unspecified atom stereocenters. The van der Waals surface area contributed by atoms with Gasteiger partial charge in [-0.05, 0) is 19.8 Å². The van der Waals surface area contributed by atoms with Crippen molar-refractivity contribution in [3.05, 3.63) is 0 Å². The monoisotopic (exact) mass is 223 g/mol. The van der Waals surface area contributed by atoms with Crippen LogP contribution in [0.1, 0.15) is 19.8 Å². The van der Waals surface area contributed by atoms with Gasteiger partial charge in [-0.25, -0.2) is 13.6 Å². The van der Waals surface area contributed by atoms with E-state index in [0.29, 0.717) is 13.0 Å². The van der Waals surface area contributed by atoms with Crippen molar-refractivity contribution in [1.82, 2.24) is 0 Å². The summed E-state index contributed by atoms with van der Waals surface area (Å²) in [4.78, 5) is 0. The van der Waals surface area contributed by atoms with E-state index in [-0.39, 0.29) is 18.6 Å². The van der Waals surface area contributed by atoms with Gasteiger partial charge < -0.3 is 9.84 Å². The molecule has 14 heavy (non-hydrogen) atoms. The normalized spacial score (nSPS) is 31.4. The summed E-state index contributed by atoms with van der Waals surface area (Å²) in [6.45, 7) is 1.96. The van der Waals surface area contributed by atoms with Gasteiger partial charge in [0.2, 0.25) is 10.0 Å². The van der Waals surface area contributed by atoms with E-state index in [1.807, 2.05) is 0 Å². The second kappa shape index (κ2) is 4.57. The van der Waals surface area contributed by atoms with E-state index >= 15 is 0 Å². The van der Waals surface area contributed by atoms with Crippen LogP contribution in [-0.4, -0.2) is 38.1 Å². The lowest BCUT2D eigenvalue weighted by molar-refractivity contribution is -0.0423. The second-order valence-electron chi connectivity index (χ2n) is 3.77. The Morgan fingerprint density at radius 2 is 2.21 bits per heavy atom. The van der Waals surface area contributed by atoms with Gasteiger partial charge in [-0.3, -0.25) is 0 Å². The Balaban J connectivity index is 2.50. The van der Waals surface area contributed by atoms with Gasteiger partial charge in [0, 0.05) is 5.92 Å². The first-order valence-corrected chi connectivity index (χ1v) is 6.30. The highest BCUT2D eigenvalue weighted by atomic mass is 32.2. The number of hydrogen-bond donors (Lipinski definition) is 2. The lowest BCUT2D eigenvalue weighted by atomic mass is 9.96. The minimum atomic E-state index is -3.47. The maximum Gasteiger partial charge on any atom is 0.212 e. The fourth-order valence-corrected chi connectivity index (χ4v) is 2.36. The van der Waals surface area contributed by atoms with Crippen molar-refractivity contribution in [1.29, 1.82) is 0 Å². The number of nitrogens with two attached hydrogens (primary N) is 1. The third kappa shape index (κ3) is 2.91. The quantitative estimate of drug-likeness (QED) is 0.672. The zero-order valence-corrected chi connectivity index (χ0v) is 9.03. The second-order valence-corrected chi connectivity index (χ2v) is 5.69. The molecule has 84 valence electrons. The van der Waals surface area contributed by atoms with Gasteiger partial charge in [0.1, 0.15) is 0 Å². The van der Waals surface area contributed by atoms with Crippen LogP contribution in [0.2, 0.25) is 0 Å². The van der Waals surface area contributed by atoms with Gasteiger partial charge in [-0.1, -0.05) is 0 Å². The summed E-state index contributed by atoms with van der Waals surface area (Å²) in [6.07, 6.45) is 1.29. The predicted octanol–water partition coefficient (Wildman–Crippen LogP) is -0.549. The minimum Gasteiger partial charge on any atom is -0.394 e. The Labute approximate surface area is 84.3 Å². The lowest BCUT2D eigenvalue weighted by Crippen LogP contribution is -2.39. The minimum absolute atomic E-state index is 0.00350. The van der Waals surface area contributed by atoms with Crippen molar-refractivity contribution >= 4 is 10.0 Å². The average Bonchev–Trinajstić information content (AvgIpc) is 2.15. The average molecular weight is 223 g/mol. The van der Waals surface area contributed by atoms with Gasteiger partial charge in [-0.2, -0.15) is 0 Å². The van der Waals surface area contributed by atoms with E-state index in [0.717, 1.165) is 6.42 Å². The summed E-state index contributed by atoms with van der Waals surface area (Å²) in [5, 5.41) is 13.3. The zero-order valence-electron chi connectivity index (χ0n) is 8.22. The molecule has 6 heteroatoms. The van der Waals surface area contributed by atoms with Gasteiger partial charge in [0.25, 0.3) is 0 Å².